The molecule has 1 aromatic rings. The molecule has 1 heterocycles. The molecule has 164 valence electrons. The van der Waals surface area contributed by atoms with Gasteiger partial charge in [0.05, 0.1) is 17.4 Å². The van der Waals surface area contributed by atoms with Gasteiger partial charge >= 0.3 is 0 Å². The highest BCUT2D eigenvalue weighted by atomic mass is 32.2. The molecule has 0 bridgehead atoms. The van der Waals surface area contributed by atoms with Gasteiger partial charge in [-0.25, -0.2) is 4.68 Å². The molecule has 0 radical (unpaired) electrons. The largest absolute Gasteiger partial charge is 0.615 e. The Hall–Kier alpha value is -1.03. The first-order valence-electron chi connectivity index (χ1n) is 11.8. The number of aromatic nitrogens is 2. The maximum atomic E-state index is 13.4. The number of hydrogen-bond acceptors (Lipinski definition) is 4. The molecule has 4 aliphatic rings. The summed E-state index contributed by atoms with van der Waals surface area (Å²) >= 11 is -0.965. The van der Waals surface area contributed by atoms with Crippen LogP contribution in [-0.2, 0) is 17.1 Å². The lowest BCUT2D eigenvalue weighted by Crippen LogP contribution is -2.52. The lowest BCUT2D eigenvalue weighted by molar-refractivity contribution is -0.0934. The monoisotopic (exact) mass is 429 g/mol. The van der Waals surface area contributed by atoms with Crippen LogP contribution < -0.4 is 0 Å². The van der Waals surface area contributed by atoms with Crippen LogP contribution in [0, 0.1) is 46.3 Å². The van der Waals surface area contributed by atoms with E-state index in [2.05, 4.69) is 18.1 Å². The van der Waals surface area contributed by atoms with E-state index in [0.29, 0.717) is 23.3 Å². The van der Waals surface area contributed by atoms with Crippen LogP contribution in [-0.4, -0.2) is 30.3 Å². The SMILES string of the molecule is C[C@@]1(O)CC[C@H]2[C@H](CC[C@@H]3[C@@H]2CC[C@]2(C)[C@@H]([S@@+]([O-])Cn4cc(C#N)cn4)CC[C@@H]32)C1. The summed E-state index contributed by atoms with van der Waals surface area (Å²) in [6.45, 7) is 4.45. The van der Waals surface area contributed by atoms with E-state index in [1.165, 1.54) is 38.5 Å². The van der Waals surface area contributed by atoms with Crippen LogP contribution in [0.3, 0.4) is 0 Å². The molecular weight excluding hydrogens is 394 g/mol. The molecule has 4 fully saturated rings. The van der Waals surface area contributed by atoms with Crippen LogP contribution in [0.5, 0.6) is 0 Å². The van der Waals surface area contributed by atoms with Crippen molar-refractivity contribution >= 4 is 11.2 Å². The minimum atomic E-state index is -0.965. The summed E-state index contributed by atoms with van der Waals surface area (Å²) in [4.78, 5) is 0. The molecule has 4 saturated carbocycles. The van der Waals surface area contributed by atoms with Crippen molar-refractivity contribution in [2.45, 2.75) is 88.4 Å². The fourth-order valence-electron chi connectivity index (χ4n) is 8.18. The highest BCUT2D eigenvalue weighted by Crippen LogP contribution is 2.64. The van der Waals surface area contributed by atoms with Gasteiger partial charge in [0.25, 0.3) is 0 Å². The van der Waals surface area contributed by atoms with Crippen LogP contribution in [0.15, 0.2) is 12.4 Å². The van der Waals surface area contributed by atoms with Gasteiger partial charge in [-0.2, -0.15) is 10.4 Å². The molecule has 1 aromatic heterocycles. The Morgan fingerprint density at radius 1 is 1.17 bits per heavy atom. The molecule has 0 saturated heterocycles. The lowest BCUT2D eigenvalue weighted by Gasteiger charge is -2.56. The van der Waals surface area contributed by atoms with Crippen molar-refractivity contribution in [3.63, 3.8) is 0 Å². The fourth-order valence-corrected chi connectivity index (χ4v) is 10.1. The summed E-state index contributed by atoms with van der Waals surface area (Å²) < 4.78 is 15.1. The topological polar surface area (TPSA) is 84.9 Å². The number of nitriles is 1. The zero-order chi connectivity index (χ0) is 21.1. The van der Waals surface area contributed by atoms with Crippen LogP contribution in [0.2, 0.25) is 0 Å². The summed E-state index contributed by atoms with van der Waals surface area (Å²) in [5.41, 5.74) is 0.251. The highest BCUT2D eigenvalue weighted by Gasteiger charge is 2.60. The minimum Gasteiger partial charge on any atom is -0.615 e. The summed E-state index contributed by atoms with van der Waals surface area (Å²) in [5, 5.41) is 24.1. The van der Waals surface area contributed by atoms with Crippen molar-refractivity contribution in [1.82, 2.24) is 9.78 Å². The van der Waals surface area contributed by atoms with E-state index in [4.69, 9.17) is 5.26 Å². The Bertz CT molecular complexity index is 833. The van der Waals surface area contributed by atoms with Gasteiger partial charge in [-0.05, 0) is 105 Å². The van der Waals surface area contributed by atoms with Crippen molar-refractivity contribution in [1.29, 1.82) is 5.26 Å². The average Bonchev–Trinajstić information content (AvgIpc) is 3.30. The quantitative estimate of drug-likeness (QED) is 0.729. The third kappa shape index (κ3) is 3.42. The van der Waals surface area contributed by atoms with E-state index < -0.39 is 16.8 Å². The Balaban J connectivity index is 1.30. The summed E-state index contributed by atoms with van der Waals surface area (Å²) in [6, 6.07) is 2.10. The number of aliphatic hydroxyl groups is 1. The first kappa shape index (κ1) is 20.8. The number of fused-ring (bicyclic) bond motifs is 5. The van der Waals surface area contributed by atoms with E-state index in [0.717, 1.165) is 37.0 Å². The second kappa shape index (κ2) is 7.53. The van der Waals surface area contributed by atoms with E-state index in [9.17, 15) is 9.66 Å². The summed E-state index contributed by atoms with van der Waals surface area (Å²) in [5.74, 6) is 4.20. The third-order valence-electron chi connectivity index (χ3n) is 9.49. The van der Waals surface area contributed by atoms with Gasteiger partial charge in [0, 0.05) is 11.6 Å². The Morgan fingerprint density at radius 2 is 1.97 bits per heavy atom. The maximum Gasteiger partial charge on any atom is 0.197 e. The van der Waals surface area contributed by atoms with Gasteiger partial charge in [0.2, 0.25) is 0 Å². The van der Waals surface area contributed by atoms with Gasteiger partial charge in [-0.3, -0.25) is 0 Å². The zero-order valence-corrected chi connectivity index (χ0v) is 19.1. The van der Waals surface area contributed by atoms with Crippen LogP contribution in [0.4, 0.5) is 0 Å². The zero-order valence-electron chi connectivity index (χ0n) is 18.3. The Labute approximate surface area is 183 Å². The smallest absolute Gasteiger partial charge is 0.197 e. The fraction of sp³-hybridized carbons (Fsp3) is 0.833. The van der Waals surface area contributed by atoms with E-state index in [1.54, 1.807) is 17.1 Å². The molecule has 1 N–H and O–H groups in total. The first-order valence-corrected chi connectivity index (χ1v) is 13.2. The number of rotatable bonds is 3. The Morgan fingerprint density at radius 3 is 2.73 bits per heavy atom. The van der Waals surface area contributed by atoms with Gasteiger partial charge < -0.3 is 9.66 Å². The summed E-state index contributed by atoms with van der Waals surface area (Å²) in [7, 11) is 0. The molecule has 6 heteroatoms. The second-order valence-electron chi connectivity index (χ2n) is 11.2. The van der Waals surface area contributed by atoms with Crippen molar-refractivity contribution in [2.24, 2.45) is 35.0 Å². The standard InChI is InChI=1S/C24H35N3O2S/c1-23(28)9-7-18-17(11-23)3-4-20-19(18)8-10-24(2)21(20)5-6-22(24)30(29)15-27-14-16(12-25)13-26-27/h13-14,17-22,28H,3-11,15H2,1-2H3/t17-,18+,19-,20-,21+,22+,23-,24+,30+/m1/s1. The molecule has 5 nitrogen and oxygen atoms in total. The molecule has 0 unspecified atom stereocenters. The van der Waals surface area contributed by atoms with Gasteiger partial charge in [0.15, 0.2) is 5.88 Å². The summed E-state index contributed by atoms with van der Waals surface area (Å²) in [6.07, 6.45) is 13.7. The van der Waals surface area contributed by atoms with Crippen LogP contribution >= 0.6 is 0 Å². The average molecular weight is 430 g/mol. The molecule has 5 rings (SSSR count). The molecule has 30 heavy (non-hydrogen) atoms. The van der Waals surface area contributed by atoms with Gasteiger partial charge in [-0.1, -0.05) is 6.92 Å². The second-order valence-corrected chi connectivity index (χ2v) is 12.8. The van der Waals surface area contributed by atoms with Crippen molar-refractivity contribution in [3.8, 4) is 6.07 Å². The molecular formula is C24H35N3O2S. The van der Waals surface area contributed by atoms with Gasteiger partial charge in [0.1, 0.15) is 11.3 Å². The predicted molar refractivity (Wildman–Crippen MR) is 117 cm³/mol. The van der Waals surface area contributed by atoms with E-state index >= 15 is 0 Å². The van der Waals surface area contributed by atoms with E-state index in [1.807, 2.05) is 6.92 Å². The van der Waals surface area contributed by atoms with Crippen molar-refractivity contribution in [3.05, 3.63) is 18.0 Å². The number of hydrogen-bond donors (Lipinski definition) is 1. The molecule has 0 aliphatic heterocycles. The molecule has 4 aliphatic carbocycles. The predicted octanol–water partition coefficient (Wildman–Crippen LogP) is 4.23. The van der Waals surface area contributed by atoms with E-state index in [-0.39, 0.29) is 10.7 Å². The number of nitrogens with zero attached hydrogens (tertiary/aromatic N) is 3. The van der Waals surface area contributed by atoms with Gasteiger partial charge in [-0.15, -0.1) is 0 Å². The molecule has 0 amide bonds. The molecule has 0 spiro atoms. The maximum absolute atomic E-state index is 13.4. The third-order valence-corrected chi connectivity index (χ3v) is 11.4. The molecule has 0 aromatic carbocycles. The lowest BCUT2D eigenvalue weighted by atomic mass is 9.50. The van der Waals surface area contributed by atoms with Crippen LogP contribution in [0.1, 0.15) is 77.2 Å². The highest BCUT2D eigenvalue weighted by molar-refractivity contribution is 7.91. The van der Waals surface area contributed by atoms with Crippen molar-refractivity contribution < 1.29 is 9.66 Å². The minimum absolute atomic E-state index is 0.171. The van der Waals surface area contributed by atoms with Crippen LogP contribution in [0.25, 0.3) is 0 Å². The molecule has 9 atom stereocenters. The normalized spacial score (nSPS) is 46.4. The van der Waals surface area contributed by atoms with Crippen molar-refractivity contribution in [2.75, 3.05) is 0 Å². The first-order chi connectivity index (χ1) is 14.3. The Kier molecular flexibility index (Phi) is 5.24.